The van der Waals surface area contributed by atoms with Crippen LogP contribution in [0.4, 0.5) is 5.69 Å². The van der Waals surface area contributed by atoms with Gasteiger partial charge in [-0.1, -0.05) is 72.4 Å². The number of benzene rings is 3. The molecule has 1 unspecified atom stereocenters. The van der Waals surface area contributed by atoms with Gasteiger partial charge in [0.25, 0.3) is 0 Å². The average Bonchev–Trinajstić information content (AvgIpc) is 2.87. The molecule has 1 heterocycles. The summed E-state index contributed by atoms with van der Waals surface area (Å²) < 4.78 is 5.23. The van der Waals surface area contributed by atoms with E-state index in [4.69, 9.17) is 9.73 Å². The summed E-state index contributed by atoms with van der Waals surface area (Å²) in [6.07, 6.45) is 0.873. The second kappa shape index (κ2) is 11.5. The predicted octanol–water partition coefficient (Wildman–Crippen LogP) is 4.58. The molecule has 1 fully saturated rings. The zero-order valence-corrected chi connectivity index (χ0v) is 19.8. The van der Waals surface area contributed by atoms with Gasteiger partial charge in [0.15, 0.2) is 5.17 Å². The number of carbonyl (C=O) groups excluding carboxylic acids is 2. The third-order valence-corrected chi connectivity index (χ3v) is 6.66. The van der Waals surface area contributed by atoms with E-state index in [9.17, 15) is 9.59 Å². The van der Waals surface area contributed by atoms with Gasteiger partial charge in [0.05, 0.1) is 24.6 Å². The van der Waals surface area contributed by atoms with Crippen molar-refractivity contribution < 1.29 is 14.3 Å². The van der Waals surface area contributed by atoms with Crippen molar-refractivity contribution in [3.8, 4) is 5.75 Å². The molecule has 6 nitrogen and oxygen atoms in total. The van der Waals surface area contributed by atoms with Crippen LogP contribution in [0.15, 0.2) is 89.9 Å². The van der Waals surface area contributed by atoms with Gasteiger partial charge in [-0.2, -0.15) is 0 Å². The quantitative estimate of drug-likeness (QED) is 0.520. The van der Waals surface area contributed by atoms with Gasteiger partial charge in [0.2, 0.25) is 11.8 Å². The Morgan fingerprint density at radius 3 is 2.35 bits per heavy atom. The van der Waals surface area contributed by atoms with Crippen LogP contribution in [0.3, 0.4) is 0 Å². The fraction of sp³-hybridized carbons (Fsp3) is 0.222. The number of para-hydroxylation sites is 1. The van der Waals surface area contributed by atoms with E-state index >= 15 is 0 Å². The normalized spacial score (nSPS) is 17.0. The maximum Gasteiger partial charge on any atom is 0.234 e. The Morgan fingerprint density at radius 2 is 1.68 bits per heavy atom. The zero-order chi connectivity index (χ0) is 23.8. The van der Waals surface area contributed by atoms with Crippen LogP contribution in [0.25, 0.3) is 0 Å². The topological polar surface area (TPSA) is 71.0 Å². The van der Waals surface area contributed by atoms with Crippen molar-refractivity contribution >= 4 is 34.4 Å². The molecule has 3 aromatic carbocycles. The summed E-state index contributed by atoms with van der Waals surface area (Å²) in [5.41, 5.74) is 2.86. The number of thioether (sulfide) groups is 1. The lowest BCUT2D eigenvalue weighted by Gasteiger charge is -2.32. The van der Waals surface area contributed by atoms with E-state index in [0.717, 1.165) is 29.0 Å². The van der Waals surface area contributed by atoms with Crippen LogP contribution < -0.4 is 10.1 Å². The Balaban J connectivity index is 1.48. The molecule has 0 spiro atoms. The molecule has 0 bridgehead atoms. The number of amidine groups is 1. The van der Waals surface area contributed by atoms with Gasteiger partial charge in [-0.25, -0.2) is 4.99 Å². The lowest BCUT2D eigenvalue weighted by atomic mass is 10.1. The largest absolute Gasteiger partial charge is 0.497 e. The van der Waals surface area contributed by atoms with E-state index in [0.29, 0.717) is 18.3 Å². The molecule has 1 N–H and O–H groups in total. The van der Waals surface area contributed by atoms with Gasteiger partial charge in [-0.3, -0.25) is 14.5 Å². The third-order valence-electron chi connectivity index (χ3n) is 5.47. The minimum absolute atomic E-state index is 0.118. The van der Waals surface area contributed by atoms with Crippen LogP contribution in [-0.2, 0) is 22.6 Å². The second-order valence-electron chi connectivity index (χ2n) is 7.90. The number of nitrogens with zero attached hydrogens (tertiary/aromatic N) is 2. The smallest absolute Gasteiger partial charge is 0.234 e. The van der Waals surface area contributed by atoms with Crippen LogP contribution >= 0.6 is 11.8 Å². The van der Waals surface area contributed by atoms with Crippen molar-refractivity contribution in [3.63, 3.8) is 0 Å². The number of hydrogen-bond donors (Lipinski definition) is 1. The average molecular weight is 474 g/mol. The van der Waals surface area contributed by atoms with Crippen molar-refractivity contribution in [2.75, 3.05) is 13.7 Å². The van der Waals surface area contributed by atoms with Gasteiger partial charge in [-0.05, 0) is 41.8 Å². The maximum atomic E-state index is 13.2. The van der Waals surface area contributed by atoms with Crippen molar-refractivity contribution in [2.24, 2.45) is 4.99 Å². The highest BCUT2D eigenvalue weighted by Crippen LogP contribution is 2.30. The number of methoxy groups -OCH3 is 1. The highest BCUT2D eigenvalue weighted by molar-refractivity contribution is 8.15. The molecular formula is C27H27N3O3S. The molecule has 0 aliphatic carbocycles. The number of rotatable bonds is 8. The number of carbonyl (C=O) groups is 2. The lowest BCUT2D eigenvalue weighted by molar-refractivity contribution is -0.130. The number of nitrogens with one attached hydrogen (secondary N) is 1. The van der Waals surface area contributed by atoms with Crippen LogP contribution in [0, 0.1) is 0 Å². The lowest BCUT2D eigenvalue weighted by Crippen LogP contribution is -2.46. The standard InChI is InChI=1S/C27H27N3O3S/c1-33-23-14-12-21(13-15-23)19-30-25(31)18-24(34-27(30)29-22-10-6-3-7-11-22)26(32)28-17-16-20-8-4-2-5-9-20/h2-15,24H,16-19H2,1H3,(H,28,32). The molecule has 1 saturated heterocycles. The Bertz CT molecular complexity index is 1130. The molecule has 1 atom stereocenters. The molecule has 2 amide bonds. The first-order chi connectivity index (χ1) is 16.6. The van der Waals surface area contributed by atoms with Crippen LogP contribution in [0.1, 0.15) is 17.5 Å². The highest BCUT2D eigenvalue weighted by Gasteiger charge is 2.35. The fourth-order valence-corrected chi connectivity index (χ4v) is 4.73. The molecule has 1 aliphatic rings. The molecule has 0 saturated carbocycles. The highest BCUT2D eigenvalue weighted by atomic mass is 32.2. The van der Waals surface area contributed by atoms with Crippen molar-refractivity contribution in [2.45, 2.75) is 24.6 Å². The number of ether oxygens (including phenoxy) is 1. The summed E-state index contributed by atoms with van der Waals surface area (Å²) >= 11 is 1.34. The zero-order valence-electron chi connectivity index (χ0n) is 19.0. The van der Waals surface area contributed by atoms with E-state index in [-0.39, 0.29) is 18.2 Å². The number of aliphatic imine (C=N–C) groups is 1. The van der Waals surface area contributed by atoms with Crippen molar-refractivity contribution in [3.05, 3.63) is 96.1 Å². The predicted molar refractivity (Wildman–Crippen MR) is 136 cm³/mol. The van der Waals surface area contributed by atoms with E-state index in [1.807, 2.05) is 84.9 Å². The van der Waals surface area contributed by atoms with E-state index in [1.54, 1.807) is 12.0 Å². The summed E-state index contributed by atoms with van der Waals surface area (Å²) in [4.78, 5) is 32.4. The Hall–Kier alpha value is -3.58. The molecule has 174 valence electrons. The van der Waals surface area contributed by atoms with Gasteiger partial charge in [0, 0.05) is 13.0 Å². The van der Waals surface area contributed by atoms with E-state index < -0.39 is 5.25 Å². The fourth-order valence-electron chi connectivity index (χ4n) is 3.61. The SMILES string of the molecule is COc1ccc(CN2C(=O)CC(C(=O)NCCc3ccccc3)SC2=Nc2ccccc2)cc1. The summed E-state index contributed by atoms with van der Waals surface area (Å²) in [5, 5.41) is 3.00. The molecule has 0 radical (unpaired) electrons. The summed E-state index contributed by atoms with van der Waals surface area (Å²) in [6.45, 7) is 0.901. The monoisotopic (exact) mass is 473 g/mol. The van der Waals surface area contributed by atoms with Crippen molar-refractivity contribution in [1.29, 1.82) is 0 Å². The van der Waals surface area contributed by atoms with Gasteiger partial charge in [0.1, 0.15) is 5.75 Å². The van der Waals surface area contributed by atoms with Crippen molar-refractivity contribution in [1.82, 2.24) is 10.2 Å². The molecule has 0 aromatic heterocycles. The third kappa shape index (κ3) is 6.26. The Morgan fingerprint density at radius 1 is 1.00 bits per heavy atom. The molecule has 1 aliphatic heterocycles. The van der Waals surface area contributed by atoms with Crippen LogP contribution in [-0.4, -0.2) is 40.8 Å². The van der Waals surface area contributed by atoms with Gasteiger partial charge >= 0.3 is 0 Å². The Labute approximate surface area is 204 Å². The second-order valence-corrected chi connectivity index (χ2v) is 9.07. The molecule has 7 heteroatoms. The first-order valence-electron chi connectivity index (χ1n) is 11.2. The van der Waals surface area contributed by atoms with Gasteiger partial charge in [-0.15, -0.1) is 0 Å². The van der Waals surface area contributed by atoms with Crippen LogP contribution in [0.2, 0.25) is 0 Å². The minimum Gasteiger partial charge on any atom is -0.497 e. The first-order valence-corrected chi connectivity index (χ1v) is 12.1. The summed E-state index contributed by atoms with van der Waals surface area (Å²) in [5.74, 6) is 0.500. The maximum absolute atomic E-state index is 13.2. The minimum atomic E-state index is -0.516. The Kier molecular flexibility index (Phi) is 7.99. The number of amides is 2. The number of hydrogen-bond acceptors (Lipinski definition) is 5. The summed E-state index contributed by atoms with van der Waals surface area (Å²) in [6, 6.07) is 27.1. The molecule has 3 aromatic rings. The van der Waals surface area contributed by atoms with Crippen LogP contribution in [0.5, 0.6) is 5.75 Å². The first kappa shape index (κ1) is 23.6. The molecule has 34 heavy (non-hydrogen) atoms. The van der Waals surface area contributed by atoms with E-state index in [1.165, 1.54) is 11.8 Å². The molecular weight excluding hydrogens is 446 g/mol. The summed E-state index contributed by atoms with van der Waals surface area (Å²) in [7, 11) is 1.62. The molecule has 4 rings (SSSR count). The van der Waals surface area contributed by atoms with E-state index in [2.05, 4.69) is 5.32 Å². The van der Waals surface area contributed by atoms with Gasteiger partial charge < -0.3 is 10.1 Å².